The van der Waals surface area contributed by atoms with Crippen molar-refractivity contribution < 1.29 is 4.74 Å². The van der Waals surface area contributed by atoms with Crippen LogP contribution in [-0.2, 0) is 6.54 Å². The summed E-state index contributed by atoms with van der Waals surface area (Å²) in [6, 6.07) is 4.22. The Morgan fingerprint density at radius 3 is 2.53 bits per heavy atom. The Labute approximate surface area is 103 Å². The molecule has 1 unspecified atom stereocenters. The number of aryl methyl sites for hydroxylation is 2. The number of ether oxygens (including phenoxy) is 1. The van der Waals surface area contributed by atoms with Crippen molar-refractivity contribution in [3.63, 3.8) is 0 Å². The molecule has 0 saturated carbocycles. The number of methoxy groups -OCH3 is 1. The van der Waals surface area contributed by atoms with E-state index in [2.05, 4.69) is 31.3 Å². The van der Waals surface area contributed by atoms with E-state index in [9.17, 15) is 0 Å². The summed E-state index contributed by atoms with van der Waals surface area (Å²) in [4.78, 5) is 0. The van der Waals surface area contributed by atoms with Crippen molar-refractivity contribution in [2.75, 3.05) is 20.2 Å². The molecule has 0 aromatic heterocycles. The molecule has 0 heterocycles. The third-order valence-electron chi connectivity index (χ3n) is 2.92. The van der Waals surface area contributed by atoms with Crippen LogP contribution in [0.15, 0.2) is 12.1 Å². The topological polar surface area (TPSA) is 73.3 Å². The third-order valence-corrected chi connectivity index (χ3v) is 2.92. The number of hydrogen-bond donors (Lipinski definition) is 3. The Morgan fingerprint density at radius 2 is 1.94 bits per heavy atom. The zero-order valence-electron chi connectivity index (χ0n) is 10.9. The first-order valence-electron chi connectivity index (χ1n) is 5.89. The Hall–Kier alpha value is -1.10. The van der Waals surface area contributed by atoms with Crippen molar-refractivity contribution in [1.29, 1.82) is 0 Å². The van der Waals surface area contributed by atoms with Gasteiger partial charge in [0.25, 0.3) is 0 Å². The van der Waals surface area contributed by atoms with E-state index in [0.717, 1.165) is 17.9 Å². The van der Waals surface area contributed by atoms with Crippen molar-refractivity contribution in [3.05, 3.63) is 28.8 Å². The molecule has 1 aromatic carbocycles. The molecular weight excluding hydrogens is 214 g/mol. The highest BCUT2D eigenvalue weighted by molar-refractivity contribution is 5.41. The fourth-order valence-corrected chi connectivity index (χ4v) is 1.65. The van der Waals surface area contributed by atoms with Crippen LogP contribution in [0.1, 0.15) is 16.7 Å². The van der Waals surface area contributed by atoms with Gasteiger partial charge in [-0.1, -0.05) is 6.07 Å². The second-order valence-corrected chi connectivity index (χ2v) is 4.37. The van der Waals surface area contributed by atoms with Crippen LogP contribution in [0.2, 0.25) is 0 Å². The molecule has 0 aliphatic carbocycles. The van der Waals surface area contributed by atoms with Crippen molar-refractivity contribution in [1.82, 2.24) is 5.32 Å². The summed E-state index contributed by atoms with van der Waals surface area (Å²) >= 11 is 0. The monoisotopic (exact) mass is 237 g/mol. The minimum atomic E-state index is 0.00698. The van der Waals surface area contributed by atoms with Crippen LogP contribution in [0.3, 0.4) is 0 Å². The number of benzene rings is 1. The second kappa shape index (κ2) is 6.59. The Bertz CT molecular complexity index is 366. The van der Waals surface area contributed by atoms with Gasteiger partial charge in [-0.05, 0) is 31.0 Å². The molecule has 5 N–H and O–H groups in total. The quantitative estimate of drug-likeness (QED) is 0.680. The van der Waals surface area contributed by atoms with Gasteiger partial charge in [0.15, 0.2) is 0 Å². The molecule has 1 rings (SSSR count). The van der Waals surface area contributed by atoms with Gasteiger partial charge in [0.1, 0.15) is 5.75 Å². The maximum atomic E-state index is 5.74. The molecule has 0 spiro atoms. The molecule has 0 radical (unpaired) electrons. The molecule has 1 aromatic rings. The van der Waals surface area contributed by atoms with Gasteiger partial charge in [-0.25, -0.2) is 0 Å². The molecule has 4 nitrogen and oxygen atoms in total. The normalized spacial score (nSPS) is 12.5. The van der Waals surface area contributed by atoms with Gasteiger partial charge < -0.3 is 21.5 Å². The zero-order valence-corrected chi connectivity index (χ0v) is 10.9. The van der Waals surface area contributed by atoms with Crippen LogP contribution < -0.4 is 21.5 Å². The van der Waals surface area contributed by atoms with Crippen molar-refractivity contribution in [2.24, 2.45) is 11.5 Å². The predicted molar refractivity (Wildman–Crippen MR) is 71.2 cm³/mol. The summed E-state index contributed by atoms with van der Waals surface area (Å²) in [5, 5.41) is 3.29. The van der Waals surface area contributed by atoms with E-state index in [1.54, 1.807) is 7.11 Å². The lowest BCUT2D eigenvalue weighted by molar-refractivity contribution is 0.406. The molecule has 0 amide bonds. The summed E-state index contributed by atoms with van der Waals surface area (Å²) < 4.78 is 5.37. The minimum absolute atomic E-state index is 0.00698. The van der Waals surface area contributed by atoms with E-state index in [4.69, 9.17) is 16.2 Å². The third kappa shape index (κ3) is 4.00. The molecule has 0 fully saturated rings. The maximum Gasteiger partial charge on any atom is 0.123 e. The lowest BCUT2D eigenvalue weighted by Crippen LogP contribution is -2.39. The summed E-state index contributed by atoms with van der Waals surface area (Å²) in [7, 11) is 1.69. The lowest BCUT2D eigenvalue weighted by atomic mass is 10.0. The van der Waals surface area contributed by atoms with Gasteiger partial charge in [-0.15, -0.1) is 0 Å². The maximum absolute atomic E-state index is 5.74. The molecule has 1 atom stereocenters. The first-order valence-corrected chi connectivity index (χ1v) is 5.89. The van der Waals surface area contributed by atoms with E-state index < -0.39 is 0 Å². The van der Waals surface area contributed by atoms with Gasteiger partial charge in [0, 0.05) is 31.2 Å². The Balaban J connectivity index is 2.66. The number of nitrogens with one attached hydrogen (secondary N) is 1. The minimum Gasteiger partial charge on any atom is -0.496 e. The molecular formula is C13H23N3O. The molecule has 17 heavy (non-hydrogen) atoms. The lowest BCUT2D eigenvalue weighted by Gasteiger charge is -2.14. The van der Waals surface area contributed by atoms with Gasteiger partial charge in [0.2, 0.25) is 0 Å². The summed E-state index contributed by atoms with van der Waals surface area (Å²) in [6.07, 6.45) is 0. The predicted octanol–water partition coefficient (Wildman–Crippen LogP) is 0.688. The number of nitrogens with two attached hydrogens (primary N) is 2. The molecule has 0 bridgehead atoms. The van der Waals surface area contributed by atoms with Crippen molar-refractivity contribution in [3.8, 4) is 5.75 Å². The van der Waals surface area contributed by atoms with Crippen LogP contribution >= 0.6 is 0 Å². The molecule has 0 saturated heterocycles. The smallest absolute Gasteiger partial charge is 0.123 e. The number of rotatable bonds is 6. The van der Waals surface area contributed by atoms with Crippen molar-refractivity contribution >= 4 is 0 Å². The van der Waals surface area contributed by atoms with E-state index in [-0.39, 0.29) is 6.04 Å². The average Bonchev–Trinajstić information content (AvgIpc) is 2.32. The SMILES string of the molecule is COc1cc(C)c(C)cc1CNCC(N)CN. The molecule has 0 aliphatic heterocycles. The summed E-state index contributed by atoms with van der Waals surface area (Å²) in [5.41, 5.74) is 14.9. The van der Waals surface area contributed by atoms with E-state index in [1.807, 2.05) is 0 Å². The highest BCUT2D eigenvalue weighted by Crippen LogP contribution is 2.22. The van der Waals surface area contributed by atoms with Crippen LogP contribution in [0, 0.1) is 13.8 Å². The van der Waals surface area contributed by atoms with Crippen LogP contribution in [-0.4, -0.2) is 26.2 Å². The highest BCUT2D eigenvalue weighted by Gasteiger charge is 2.06. The summed E-state index contributed by atoms with van der Waals surface area (Å²) in [5.74, 6) is 0.918. The standard InChI is InChI=1S/C13H23N3O/c1-9-4-11(7-16-8-12(15)6-14)13(17-3)5-10(9)2/h4-5,12,16H,6-8,14-15H2,1-3H3. The van der Waals surface area contributed by atoms with Crippen molar-refractivity contribution in [2.45, 2.75) is 26.4 Å². The fraction of sp³-hybridized carbons (Fsp3) is 0.538. The van der Waals surface area contributed by atoms with Gasteiger partial charge in [0.05, 0.1) is 7.11 Å². The first-order chi connectivity index (χ1) is 8.08. The second-order valence-electron chi connectivity index (χ2n) is 4.37. The van der Waals surface area contributed by atoms with E-state index >= 15 is 0 Å². The molecule has 96 valence electrons. The number of hydrogen-bond acceptors (Lipinski definition) is 4. The largest absolute Gasteiger partial charge is 0.496 e. The van der Waals surface area contributed by atoms with Crippen LogP contribution in [0.4, 0.5) is 0 Å². The fourth-order valence-electron chi connectivity index (χ4n) is 1.65. The first kappa shape index (κ1) is 14.0. The Morgan fingerprint density at radius 1 is 1.29 bits per heavy atom. The Kier molecular flexibility index (Phi) is 5.41. The molecule has 4 heteroatoms. The van der Waals surface area contributed by atoms with Crippen LogP contribution in [0.5, 0.6) is 5.75 Å². The van der Waals surface area contributed by atoms with E-state index in [1.165, 1.54) is 11.1 Å². The average molecular weight is 237 g/mol. The van der Waals surface area contributed by atoms with E-state index in [0.29, 0.717) is 13.1 Å². The summed E-state index contributed by atoms with van der Waals surface area (Å²) in [6.45, 7) is 6.14. The van der Waals surface area contributed by atoms with Crippen LogP contribution in [0.25, 0.3) is 0 Å². The van der Waals surface area contributed by atoms with Gasteiger partial charge in [-0.3, -0.25) is 0 Å². The zero-order chi connectivity index (χ0) is 12.8. The highest BCUT2D eigenvalue weighted by atomic mass is 16.5. The molecule has 0 aliphatic rings. The van der Waals surface area contributed by atoms with Gasteiger partial charge >= 0.3 is 0 Å². The van der Waals surface area contributed by atoms with Gasteiger partial charge in [-0.2, -0.15) is 0 Å².